The van der Waals surface area contributed by atoms with E-state index in [1.807, 2.05) is 34.0 Å². The molecule has 0 unspecified atom stereocenters. The Bertz CT molecular complexity index is 6110. The van der Waals surface area contributed by atoms with Crippen molar-refractivity contribution in [1.82, 2.24) is 13.7 Å². The number of para-hydroxylation sites is 3. The molecule has 0 aliphatic carbocycles. The van der Waals surface area contributed by atoms with Gasteiger partial charge in [0.1, 0.15) is 0 Å². The van der Waals surface area contributed by atoms with Gasteiger partial charge >= 0.3 is 0 Å². The highest BCUT2D eigenvalue weighted by Crippen LogP contribution is 2.47. The summed E-state index contributed by atoms with van der Waals surface area (Å²) in [5.41, 5.74) is 20.9. The molecule has 0 aliphatic rings. The lowest BCUT2D eigenvalue weighted by atomic mass is 10.00. The fraction of sp³-hybridized carbons (Fsp3) is 0. The largest absolute Gasteiger partial charge is 0.311 e. The predicted octanol–water partition coefficient (Wildman–Crippen LogP) is 26.6. The number of thiophene rings is 3. The van der Waals surface area contributed by atoms with Crippen LogP contribution in [0.1, 0.15) is 0 Å². The minimum atomic E-state index is 1.07. The van der Waals surface area contributed by atoms with Crippen molar-refractivity contribution >= 4 is 177 Å². The van der Waals surface area contributed by atoms with Crippen LogP contribution in [0.25, 0.3) is 176 Å². The number of hydrogen-bond donors (Lipinski definition) is 0. The third-order valence-corrected chi connectivity index (χ3v) is 23.6. The minimum Gasteiger partial charge on any atom is -0.311 e. The zero-order valence-electron chi connectivity index (χ0n) is 52.2. The van der Waals surface area contributed by atoms with E-state index in [1.54, 1.807) is 0 Å². The second-order valence-electron chi connectivity index (χ2n) is 25.6. The van der Waals surface area contributed by atoms with E-state index >= 15 is 0 Å². The van der Waals surface area contributed by atoms with Crippen LogP contribution < -0.4 is 4.90 Å². The van der Waals surface area contributed by atoms with E-state index in [1.165, 1.54) is 143 Å². The third kappa shape index (κ3) is 8.52. The number of rotatable bonds is 9. The summed E-state index contributed by atoms with van der Waals surface area (Å²) >= 11 is 5.63. The van der Waals surface area contributed by atoms with E-state index in [0.717, 1.165) is 50.8 Å². The summed E-state index contributed by atoms with van der Waals surface area (Å²) in [6.07, 6.45) is 0. The van der Waals surface area contributed by atoms with Crippen molar-refractivity contribution in [1.29, 1.82) is 0 Å². The molecule has 0 saturated carbocycles. The highest BCUT2D eigenvalue weighted by Gasteiger charge is 2.22. The van der Waals surface area contributed by atoms with Crippen LogP contribution in [0.2, 0.25) is 0 Å². The molecule has 0 N–H and O–H groups in total. The van der Waals surface area contributed by atoms with E-state index in [0.29, 0.717) is 0 Å². The second kappa shape index (κ2) is 21.3. The Labute approximate surface area is 569 Å². The molecular weight excluding hydrogens is 1230 g/mol. The smallest absolute Gasteiger partial charge is 0.0548 e. The molecule has 6 aromatic heterocycles. The van der Waals surface area contributed by atoms with Gasteiger partial charge in [-0.25, -0.2) is 0 Å². The highest BCUT2D eigenvalue weighted by atomic mass is 32.1. The van der Waals surface area contributed by atoms with Crippen molar-refractivity contribution in [3.63, 3.8) is 0 Å². The van der Waals surface area contributed by atoms with Crippen LogP contribution in [0.5, 0.6) is 0 Å². The summed E-state index contributed by atoms with van der Waals surface area (Å²) < 4.78 is 15.2. The van der Waals surface area contributed by atoms with Gasteiger partial charge in [-0.1, -0.05) is 164 Å². The van der Waals surface area contributed by atoms with Crippen LogP contribution in [-0.4, -0.2) is 13.7 Å². The fourth-order valence-electron chi connectivity index (χ4n) is 15.7. The summed E-state index contributed by atoms with van der Waals surface area (Å²) in [7, 11) is 0. The zero-order valence-corrected chi connectivity index (χ0v) is 54.6. The molecule has 21 aromatic rings. The molecule has 0 aliphatic heterocycles. The van der Waals surface area contributed by atoms with Gasteiger partial charge in [-0.15, -0.1) is 34.0 Å². The van der Waals surface area contributed by atoms with Crippen molar-refractivity contribution in [3.05, 3.63) is 328 Å². The van der Waals surface area contributed by atoms with E-state index in [9.17, 15) is 0 Å². The Morgan fingerprint density at radius 1 is 0.175 bits per heavy atom. The SMILES string of the molecule is c1ccc(-n2c3ccc(-c4ccc(N(c5ccc(-c6ccc7c(c6)c6cc8sc9ccccc9c8cc6n7-c6ccccc6)cc5)c5ccc(-c6ccc7c(c6)c6cc8sc9ccccc9c8cc6n7-c6ccccc6)cc5)cc4)cc3c3cc4sc5ccccc5c4cc32)cc1. The van der Waals surface area contributed by atoms with Crippen LogP contribution in [0.15, 0.2) is 328 Å². The van der Waals surface area contributed by atoms with E-state index in [2.05, 4.69) is 346 Å². The standard InChI is InChI=1S/C90H54N4S3/c1-4-16-61(17-5-1)92-79-43-34-58(46-70(79)73-52-88-76(49-82(73)92)67-22-10-13-25-85(67)95-88)55-28-37-64(38-29-55)91(65-39-30-56(31-40-65)59-35-44-80-71(47-59)74-53-89-77(68-23-11-14-26-86(68)96-89)50-83(74)93(80)62-18-6-2-7-19-62)66-41-32-57(33-42-66)60-36-45-81-72(48-60)75-54-90-78(69-24-12-15-27-87(69)97-90)51-84(75)94(81)63-20-8-3-9-21-63/h1-54H. The first-order chi connectivity index (χ1) is 48.0. The number of aromatic nitrogens is 3. The number of nitrogens with zero attached hydrogens (tertiary/aromatic N) is 4. The molecule has 15 aromatic carbocycles. The monoisotopic (exact) mass is 1290 g/mol. The molecule has 4 nitrogen and oxygen atoms in total. The highest BCUT2D eigenvalue weighted by molar-refractivity contribution is 7.26. The summed E-state index contributed by atoms with van der Waals surface area (Å²) in [5.74, 6) is 0. The maximum absolute atomic E-state index is 2.44. The first-order valence-electron chi connectivity index (χ1n) is 33.0. The van der Waals surface area contributed by atoms with Gasteiger partial charge in [0, 0.05) is 127 Å². The molecule has 0 saturated heterocycles. The first-order valence-corrected chi connectivity index (χ1v) is 35.5. The van der Waals surface area contributed by atoms with Gasteiger partial charge in [-0.05, 0) is 197 Å². The quantitative estimate of drug-likeness (QED) is 0.141. The number of anilines is 3. The Morgan fingerprint density at radius 3 is 0.732 bits per heavy atom. The molecule has 6 heterocycles. The molecule has 0 radical (unpaired) electrons. The molecule has 0 fully saturated rings. The first kappa shape index (κ1) is 54.5. The van der Waals surface area contributed by atoms with Crippen LogP contribution >= 0.6 is 34.0 Å². The average molecular weight is 1290 g/mol. The second-order valence-corrected chi connectivity index (χ2v) is 28.8. The van der Waals surface area contributed by atoms with Crippen LogP contribution in [0.4, 0.5) is 17.1 Å². The molecule has 21 rings (SSSR count). The number of hydrogen-bond acceptors (Lipinski definition) is 4. The number of benzene rings is 15. The molecule has 97 heavy (non-hydrogen) atoms. The molecular formula is C90H54N4S3. The third-order valence-electron chi connectivity index (χ3n) is 20.2. The molecule has 0 atom stereocenters. The average Bonchev–Trinajstić information content (AvgIpc) is 1.58. The molecule has 0 bridgehead atoms. The predicted molar refractivity (Wildman–Crippen MR) is 419 cm³/mol. The maximum Gasteiger partial charge on any atom is 0.0548 e. The minimum absolute atomic E-state index is 1.07. The lowest BCUT2D eigenvalue weighted by molar-refractivity contribution is 1.18. The van der Waals surface area contributed by atoms with Gasteiger partial charge in [0.05, 0.1) is 33.1 Å². The van der Waals surface area contributed by atoms with E-state index in [4.69, 9.17) is 0 Å². The van der Waals surface area contributed by atoms with E-state index in [-0.39, 0.29) is 0 Å². The van der Waals surface area contributed by atoms with Crippen molar-refractivity contribution in [2.75, 3.05) is 4.90 Å². The lowest BCUT2D eigenvalue weighted by Crippen LogP contribution is -2.09. The maximum atomic E-state index is 2.44. The lowest BCUT2D eigenvalue weighted by Gasteiger charge is -2.26. The normalized spacial score (nSPS) is 12.1. The number of fused-ring (bicyclic) bond motifs is 18. The van der Waals surface area contributed by atoms with Gasteiger partial charge in [0.25, 0.3) is 0 Å². The Morgan fingerprint density at radius 2 is 0.433 bits per heavy atom. The van der Waals surface area contributed by atoms with E-state index < -0.39 is 0 Å². The molecule has 7 heteroatoms. The van der Waals surface area contributed by atoms with Gasteiger partial charge in [-0.2, -0.15) is 0 Å². The Hall–Kier alpha value is -11.8. The van der Waals surface area contributed by atoms with Crippen LogP contribution in [0.3, 0.4) is 0 Å². The van der Waals surface area contributed by atoms with Crippen LogP contribution in [-0.2, 0) is 0 Å². The topological polar surface area (TPSA) is 18.0 Å². The summed E-state index contributed by atoms with van der Waals surface area (Å²) in [6.45, 7) is 0. The summed E-state index contributed by atoms with van der Waals surface area (Å²) in [5, 5.41) is 15.3. The Kier molecular flexibility index (Phi) is 12.0. The van der Waals surface area contributed by atoms with Crippen molar-refractivity contribution < 1.29 is 0 Å². The van der Waals surface area contributed by atoms with Gasteiger partial charge in [0.15, 0.2) is 0 Å². The molecule has 0 spiro atoms. The van der Waals surface area contributed by atoms with Crippen molar-refractivity contribution in [3.8, 4) is 50.4 Å². The zero-order chi connectivity index (χ0) is 63.4. The van der Waals surface area contributed by atoms with Crippen LogP contribution in [0, 0.1) is 0 Å². The summed E-state index contributed by atoms with van der Waals surface area (Å²) in [4.78, 5) is 2.41. The van der Waals surface area contributed by atoms with Gasteiger partial charge in [0.2, 0.25) is 0 Å². The van der Waals surface area contributed by atoms with Gasteiger partial charge < -0.3 is 18.6 Å². The van der Waals surface area contributed by atoms with Crippen molar-refractivity contribution in [2.24, 2.45) is 0 Å². The molecule has 0 amide bonds. The molecule has 452 valence electrons. The van der Waals surface area contributed by atoms with Crippen molar-refractivity contribution in [2.45, 2.75) is 0 Å². The Balaban J connectivity index is 0.685. The fourth-order valence-corrected chi connectivity index (χ4v) is 19.1. The van der Waals surface area contributed by atoms with Gasteiger partial charge in [-0.3, -0.25) is 0 Å². The summed E-state index contributed by atoms with van der Waals surface area (Å²) in [6, 6.07) is 122.